The molecule has 0 aliphatic carbocycles. The Morgan fingerprint density at radius 3 is 2.61 bits per heavy atom. The van der Waals surface area contributed by atoms with E-state index in [1.807, 2.05) is 44.4 Å². The van der Waals surface area contributed by atoms with E-state index in [1.54, 1.807) is 7.11 Å². The molecule has 1 atom stereocenters. The number of para-hydroxylation sites is 1. The summed E-state index contributed by atoms with van der Waals surface area (Å²) in [4.78, 5) is 16.3. The van der Waals surface area contributed by atoms with Crippen LogP contribution < -0.4 is 15.2 Å². The molecular formula is C22H29N3O3. The van der Waals surface area contributed by atoms with Crippen LogP contribution in [0.4, 0.5) is 0 Å². The molecule has 6 nitrogen and oxygen atoms in total. The Morgan fingerprint density at radius 1 is 1.18 bits per heavy atom. The van der Waals surface area contributed by atoms with Crippen LogP contribution in [0.3, 0.4) is 0 Å². The van der Waals surface area contributed by atoms with Gasteiger partial charge < -0.3 is 20.1 Å². The van der Waals surface area contributed by atoms with E-state index in [0.717, 1.165) is 17.9 Å². The van der Waals surface area contributed by atoms with Gasteiger partial charge >= 0.3 is 0 Å². The SMILES string of the molecule is COc1cccc(CN2Cc3ccccc3C[C@@H]2C(N)=O)c1OCCN(C)C. The quantitative estimate of drug-likeness (QED) is 0.756. The first-order valence-electron chi connectivity index (χ1n) is 9.53. The highest BCUT2D eigenvalue weighted by Crippen LogP contribution is 2.34. The minimum absolute atomic E-state index is 0.299. The van der Waals surface area contributed by atoms with Gasteiger partial charge in [-0.1, -0.05) is 36.4 Å². The highest BCUT2D eigenvalue weighted by Gasteiger charge is 2.30. The molecular weight excluding hydrogens is 354 g/mol. The third kappa shape index (κ3) is 4.64. The summed E-state index contributed by atoms with van der Waals surface area (Å²) < 4.78 is 11.6. The number of carbonyl (C=O) groups excluding carboxylic acids is 1. The minimum atomic E-state index is -0.337. The first-order chi connectivity index (χ1) is 13.5. The molecule has 0 saturated carbocycles. The molecule has 1 amide bonds. The number of hydrogen-bond donors (Lipinski definition) is 1. The third-order valence-corrected chi connectivity index (χ3v) is 5.11. The molecule has 0 saturated heterocycles. The van der Waals surface area contributed by atoms with E-state index in [4.69, 9.17) is 15.2 Å². The van der Waals surface area contributed by atoms with E-state index < -0.39 is 0 Å². The number of primary amides is 1. The Labute approximate surface area is 166 Å². The van der Waals surface area contributed by atoms with Crippen LogP contribution in [-0.4, -0.2) is 56.1 Å². The van der Waals surface area contributed by atoms with Gasteiger partial charge in [-0.15, -0.1) is 0 Å². The fourth-order valence-electron chi connectivity index (χ4n) is 3.58. The van der Waals surface area contributed by atoms with Gasteiger partial charge in [-0.3, -0.25) is 9.69 Å². The number of amides is 1. The van der Waals surface area contributed by atoms with Gasteiger partial charge in [-0.25, -0.2) is 0 Å². The fraction of sp³-hybridized carbons (Fsp3) is 0.409. The zero-order valence-electron chi connectivity index (χ0n) is 16.9. The molecule has 1 aliphatic rings. The Hall–Kier alpha value is -2.57. The standard InChI is InChI=1S/C22H29N3O3/c1-24(2)11-12-28-21-18(9-6-10-20(21)27-3)15-25-14-17-8-5-4-7-16(17)13-19(25)22(23)26/h4-10,19H,11-15H2,1-3H3,(H2,23,26)/t19-/m1/s1. The number of ether oxygens (including phenoxy) is 2. The van der Waals surface area contributed by atoms with E-state index in [9.17, 15) is 4.79 Å². The summed E-state index contributed by atoms with van der Waals surface area (Å²) in [5.74, 6) is 1.13. The Morgan fingerprint density at radius 2 is 1.93 bits per heavy atom. The fourth-order valence-corrected chi connectivity index (χ4v) is 3.58. The van der Waals surface area contributed by atoms with Crippen LogP contribution in [-0.2, 0) is 24.3 Å². The van der Waals surface area contributed by atoms with E-state index in [2.05, 4.69) is 21.9 Å². The first-order valence-corrected chi connectivity index (χ1v) is 9.53. The summed E-state index contributed by atoms with van der Waals surface area (Å²) in [5, 5.41) is 0. The number of carbonyl (C=O) groups is 1. The van der Waals surface area contributed by atoms with Crippen molar-refractivity contribution in [2.75, 3.05) is 34.4 Å². The molecule has 2 aromatic carbocycles. The lowest BCUT2D eigenvalue weighted by molar-refractivity contribution is -0.124. The third-order valence-electron chi connectivity index (χ3n) is 5.11. The van der Waals surface area contributed by atoms with Crippen molar-refractivity contribution >= 4 is 5.91 Å². The molecule has 3 rings (SSSR count). The number of methoxy groups -OCH3 is 1. The Kier molecular flexibility index (Phi) is 6.54. The van der Waals surface area contributed by atoms with Crippen molar-refractivity contribution in [3.63, 3.8) is 0 Å². The molecule has 2 aromatic rings. The summed E-state index contributed by atoms with van der Waals surface area (Å²) in [6.45, 7) is 2.61. The largest absolute Gasteiger partial charge is 0.493 e. The van der Waals surface area contributed by atoms with Gasteiger partial charge in [0.2, 0.25) is 5.91 Å². The second kappa shape index (κ2) is 9.08. The first kappa shape index (κ1) is 20.2. The molecule has 0 aromatic heterocycles. The molecule has 2 N–H and O–H groups in total. The molecule has 6 heteroatoms. The van der Waals surface area contributed by atoms with E-state index in [-0.39, 0.29) is 11.9 Å². The zero-order chi connectivity index (χ0) is 20.1. The topological polar surface area (TPSA) is 68.0 Å². The number of rotatable bonds is 8. The van der Waals surface area contributed by atoms with Crippen molar-refractivity contribution in [3.8, 4) is 11.5 Å². The number of hydrogen-bond acceptors (Lipinski definition) is 5. The molecule has 0 radical (unpaired) electrons. The number of nitrogens with zero attached hydrogens (tertiary/aromatic N) is 2. The van der Waals surface area contributed by atoms with Crippen molar-refractivity contribution in [3.05, 3.63) is 59.2 Å². The minimum Gasteiger partial charge on any atom is -0.493 e. The lowest BCUT2D eigenvalue weighted by Crippen LogP contribution is -2.48. The monoisotopic (exact) mass is 383 g/mol. The molecule has 0 spiro atoms. The van der Waals surface area contributed by atoms with Crippen molar-refractivity contribution in [1.82, 2.24) is 9.80 Å². The molecule has 0 fully saturated rings. The second-order valence-electron chi connectivity index (χ2n) is 7.40. The van der Waals surface area contributed by atoms with Gasteiger partial charge in [0.1, 0.15) is 6.61 Å². The van der Waals surface area contributed by atoms with Crippen LogP contribution in [0, 0.1) is 0 Å². The lowest BCUT2D eigenvalue weighted by atomic mass is 9.93. The van der Waals surface area contributed by atoms with E-state index in [0.29, 0.717) is 31.9 Å². The van der Waals surface area contributed by atoms with Crippen LogP contribution in [0.25, 0.3) is 0 Å². The van der Waals surface area contributed by atoms with Crippen molar-refractivity contribution in [1.29, 1.82) is 0 Å². The van der Waals surface area contributed by atoms with Gasteiger partial charge in [0, 0.05) is 25.2 Å². The number of benzene rings is 2. The summed E-state index contributed by atoms with van der Waals surface area (Å²) in [5.41, 5.74) is 9.15. The van der Waals surface area contributed by atoms with Crippen molar-refractivity contribution in [2.24, 2.45) is 5.73 Å². The smallest absolute Gasteiger partial charge is 0.235 e. The normalized spacial score (nSPS) is 16.6. The van der Waals surface area contributed by atoms with Crippen molar-refractivity contribution in [2.45, 2.75) is 25.6 Å². The highest BCUT2D eigenvalue weighted by molar-refractivity contribution is 5.80. The molecule has 150 valence electrons. The average molecular weight is 383 g/mol. The maximum Gasteiger partial charge on any atom is 0.235 e. The maximum atomic E-state index is 12.1. The van der Waals surface area contributed by atoms with E-state index in [1.165, 1.54) is 11.1 Å². The van der Waals surface area contributed by atoms with Crippen LogP contribution >= 0.6 is 0 Å². The van der Waals surface area contributed by atoms with Gasteiger partial charge in [0.05, 0.1) is 13.2 Å². The average Bonchev–Trinajstić information content (AvgIpc) is 2.68. The molecule has 0 bridgehead atoms. The van der Waals surface area contributed by atoms with Crippen LogP contribution in [0.1, 0.15) is 16.7 Å². The Balaban J connectivity index is 1.86. The summed E-state index contributed by atoms with van der Waals surface area (Å²) >= 11 is 0. The van der Waals surface area contributed by atoms with Gasteiger partial charge in [0.15, 0.2) is 11.5 Å². The van der Waals surface area contributed by atoms with E-state index >= 15 is 0 Å². The molecule has 0 unspecified atom stereocenters. The van der Waals surface area contributed by atoms with Gasteiger partial charge in [-0.2, -0.15) is 0 Å². The summed E-state index contributed by atoms with van der Waals surface area (Å²) in [7, 11) is 5.66. The number of likely N-dealkylation sites (N-methyl/N-ethyl adjacent to an activating group) is 1. The highest BCUT2D eigenvalue weighted by atomic mass is 16.5. The van der Waals surface area contributed by atoms with Crippen molar-refractivity contribution < 1.29 is 14.3 Å². The molecule has 1 heterocycles. The summed E-state index contributed by atoms with van der Waals surface area (Å²) in [6.07, 6.45) is 0.631. The predicted molar refractivity (Wildman–Crippen MR) is 109 cm³/mol. The van der Waals surface area contributed by atoms with Gasteiger partial charge in [-0.05, 0) is 37.7 Å². The lowest BCUT2D eigenvalue weighted by Gasteiger charge is -2.35. The zero-order valence-corrected chi connectivity index (χ0v) is 16.9. The maximum absolute atomic E-state index is 12.1. The van der Waals surface area contributed by atoms with Gasteiger partial charge in [0.25, 0.3) is 0 Å². The Bertz CT molecular complexity index is 822. The van der Waals surface area contributed by atoms with Crippen LogP contribution in [0.5, 0.6) is 11.5 Å². The summed E-state index contributed by atoms with van der Waals surface area (Å²) in [6, 6.07) is 13.7. The molecule has 28 heavy (non-hydrogen) atoms. The van der Waals surface area contributed by atoms with Crippen LogP contribution in [0.2, 0.25) is 0 Å². The second-order valence-corrected chi connectivity index (χ2v) is 7.40. The number of nitrogens with two attached hydrogens (primary N) is 1. The molecule has 1 aliphatic heterocycles. The number of fused-ring (bicyclic) bond motifs is 1. The van der Waals surface area contributed by atoms with Crippen LogP contribution in [0.15, 0.2) is 42.5 Å². The predicted octanol–water partition coefficient (Wildman–Crippen LogP) is 2.05.